The van der Waals surface area contributed by atoms with E-state index in [0.717, 1.165) is 0 Å². The zero-order chi connectivity index (χ0) is 30.5. The number of halogens is 4. The Morgan fingerprint density at radius 2 is 1.77 bits per heavy atom. The average molecular weight is 600 g/mol. The fourth-order valence-corrected chi connectivity index (χ4v) is 6.00. The number of carbonyl (C=O) groups is 1. The van der Waals surface area contributed by atoms with Gasteiger partial charge in [-0.25, -0.2) is 9.37 Å². The molecule has 2 aliphatic rings. The Kier molecular flexibility index (Phi) is 7.22. The van der Waals surface area contributed by atoms with Crippen molar-refractivity contribution in [2.45, 2.75) is 50.9 Å². The summed E-state index contributed by atoms with van der Waals surface area (Å²) in [6, 6.07) is 6.89. The lowest BCUT2D eigenvalue weighted by atomic mass is 9.84. The second-order valence-electron chi connectivity index (χ2n) is 10.7. The fraction of sp³-hybridized carbons (Fsp3) is 0.379. The minimum absolute atomic E-state index is 0.0412. The second kappa shape index (κ2) is 10.9. The zero-order valence-corrected chi connectivity index (χ0v) is 23.6. The summed E-state index contributed by atoms with van der Waals surface area (Å²) in [6.07, 6.45) is -0.891. The summed E-state index contributed by atoms with van der Waals surface area (Å²) < 4.78 is 65.8. The molecule has 2 aromatic heterocycles. The molecule has 1 amide bonds. The molecule has 6 rings (SSSR count). The summed E-state index contributed by atoms with van der Waals surface area (Å²) in [5, 5.41) is 10.0. The molecular formula is C29H29F4N7O3. The van der Waals surface area contributed by atoms with Gasteiger partial charge in [0.25, 0.3) is 5.91 Å². The van der Waals surface area contributed by atoms with Crippen LogP contribution in [0.3, 0.4) is 0 Å². The molecule has 10 nitrogen and oxygen atoms in total. The highest BCUT2D eigenvalue weighted by Gasteiger charge is 2.46. The van der Waals surface area contributed by atoms with Gasteiger partial charge in [0.05, 0.1) is 38.2 Å². The molecule has 1 fully saturated rings. The van der Waals surface area contributed by atoms with Gasteiger partial charge in [-0.05, 0) is 56.9 Å². The van der Waals surface area contributed by atoms with Crippen molar-refractivity contribution in [3.8, 4) is 11.5 Å². The van der Waals surface area contributed by atoms with Crippen molar-refractivity contribution < 1.29 is 31.8 Å². The number of amides is 1. The van der Waals surface area contributed by atoms with Crippen molar-refractivity contribution in [2.24, 2.45) is 5.92 Å². The number of nitrogens with zero attached hydrogens (tertiary/aromatic N) is 5. The third-order valence-corrected chi connectivity index (χ3v) is 8.17. The Morgan fingerprint density at radius 1 is 1.02 bits per heavy atom. The van der Waals surface area contributed by atoms with Crippen molar-refractivity contribution >= 4 is 45.6 Å². The standard InChI is InChI=1S/C29H29F4N7O3/c1-15-27(41)40(20-8-9-23(42-2)24(12-20)43-3)22-14-34-28(36-18-10-16-13-35-38-25(16)21(30)11-18)37-26(22)39(15)19-6-4-17(5-7-19)29(31,32)33/h8-15,17,19H,4-7H2,1-3H3,(H,35,38)(H,34,36,37)/t15-,17-,19+/m1/s1. The summed E-state index contributed by atoms with van der Waals surface area (Å²) in [7, 11) is 2.99. The summed E-state index contributed by atoms with van der Waals surface area (Å²) in [5.74, 6) is -0.802. The fourth-order valence-electron chi connectivity index (χ4n) is 6.00. The topological polar surface area (TPSA) is 109 Å². The van der Waals surface area contributed by atoms with E-state index >= 15 is 0 Å². The van der Waals surface area contributed by atoms with Gasteiger partial charge in [-0.3, -0.25) is 14.8 Å². The van der Waals surface area contributed by atoms with E-state index in [1.165, 1.54) is 37.6 Å². The van der Waals surface area contributed by atoms with Crippen LogP contribution in [-0.2, 0) is 4.79 Å². The minimum Gasteiger partial charge on any atom is -0.493 e. The largest absolute Gasteiger partial charge is 0.493 e. The van der Waals surface area contributed by atoms with Crippen LogP contribution in [0.25, 0.3) is 10.9 Å². The number of carbonyl (C=O) groups excluding carboxylic acids is 1. The molecule has 3 heterocycles. The van der Waals surface area contributed by atoms with Crippen LogP contribution in [0.2, 0.25) is 0 Å². The van der Waals surface area contributed by atoms with E-state index in [-0.39, 0.29) is 49.1 Å². The van der Waals surface area contributed by atoms with Gasteiger partial charge in [-0.2, -0.15) is 23.3 Å². The predicted molar refractivity (Wildman–Crippen MR) is 152 cm³/mol. The number of hydrogen-bond acceptors (Lipinski definition) is 8. The maximum absolute atomic E-state index is 14.6. The second-order valence-corrected chi connectivity index (χ2v) is 10.7. The highest BCUT2D eigenvalue weighted by atomic mass is 19.4. The number of fused-ring (bicyclic) bond motifs is 2. The van der Waals surface area contributed by atoms with Crippen LogP contribution >= 0.6 is 0 Å². The molecule has 43 heavy (non-hydrogen) atoms. The van der Waals surface area contributed by atoms with E-state index in [4.69, 9.17) is 14.5 Å². The number of rotatable bonds is 6. The van der Waals surface area contributed by atoms with Crippen LogP contribution in [0.15, 0.2) is 42.7 Å². The summed E-state index contributed by atoms with van der Waals surface area (Å²) in [5.41, 5.74) is 1.47. The van der Waals surface area contributed by atoms with Crippen molar-refractivity contribution in [1.82, 2.24) is 20.2 Å². The van der Waals surface area contributed by atoms with E-state index in [9.17, 15) is 22.4 Å². The van der Waals surface area contributed by atoms with Gasteiger partial charge < -0.3 is 19.7 Å². The molecular weight excluding hydrogens is 570 g/mol. The lowest BCUT2D eigenvalue weighted by Gasteiger charge is -2.46. The van der Waals surface area contributed by atoms with E-state index in [0.29, 0.717) is 39.8 Å². The molecule has 1 aliphatic heterocycles. The van der Waals surface area contributed by atoms with Crippen LogP contribution in [0.5, 0.6) is 11.5 Å². The molecule has 0 saturated heterocycles. The number of nitrogens with one attached hydrogen (secondary N) is 2. The van der Waals surface area contributed by atoms with Crippen molar-refractivity contribution in [3.63, 3.8) is 0 Å². The first-order chi connectivity index (χ1) is 20.6. The van der Waals surface area contributed by atoms with Gasteiger partial charge in [-0.1, -0.05) is 0 Å². The lowest BCUT2D eigenvalue weighted by Crippen LogP contribution is -2.55. The number of methoxy groups -OCH3 is 2. The number of H-pyrrole nitrogens is 1. The summed E-state index contributed by atoms with van der Waals surface area (Å²) in [6.45, 7) is 1.71. The molecule has 2 N–H and O–H groups in total. The highest BCUT2D eigenvalue weighted by Crippen LogP contribution is 2.46. The molecule has 1 atom stereocenters. The van der Waals surface area contributed by atoms with E-state index < -0.39 is 24.0 Å². The average Bonchev–Trinajstić information content (AvgIpc) is 3.47. The molecule has 1 aliphatic carbocycles. The molecule has 1 saturated carbocycles. The van der Waals surface area contributed by atoms with Gasteiger partial charge in [0.2, 0.25) is 5.95 Å². The third-order valence-electron chi connectivity index (χ3n) is 8.17. The zero-order valence-electron chi connectivity index (χ0n) is 23.6. The highest BCUT2D eigenvalue weighted by molar-refractivity contribution is 6.10. The first-order valence-electron chi connectivity index (χ1n) is 13.8. The normalized spacial score (nSPS) is 20.7. The van der Waals surface area contributed by atoms with Crippen molar-refractivity contribution in [1.29, 1.82) is 0 Å². The Bertz CT molecular complexity index is 1670. The van der Waals surface area contributed by atoms with Crippen LogP contribution < -0.4 is 24.6 Å². The number of alkyl halides is 3. The number of hydrogen-bond donors (Lipinski definition) is 2. The van der Waals surface area contributed by atoms with Gasteiger partial charge in [0.15, 0.2) is 23.1 Å². The van der Waals surface area contributed by atoms with Crippen LogP contribution in [0.1, 0.15) is 32.6 Å². The number of aromatic nitrogens is 4. The predicted octanol–water partition coefficient (Wildman–Crippen LogP) is 6.25. The molecule has 226 valence electrons. The number of aromatic amines is 1. The van der Waals surface area contributed by atoms with E-state index in [1.807, 2.05) is 0 Å². The Labute approximate surface area is 244 Å². The van der Waals surface area contributed by atoms with Crippen molar-refractivity contribution in [3.05, 3.63) is 48.5 Å². The van der Waals surface area contributed by atoms with Gasteiger partial charge in [-0.15, -0.1) is 0 Å². The third kappa shape index (κ3) is 5.14. The molecule has 0 radical (unpaired) electrons. The summed E-state index contributed by atoms with van der Waals surface area (Å²) in [4.78, 5) is 26.4. The van der Waals surface area contributed by atoms with Crippen LogP contribution in [0.4, 0.5) is 46.4 Å². The van der Waals surface area contributed by atoms with Crippen LogP contribution in [-0.4, -0.2) is 58.6 Å². The van der Waals surface area contributed by atoms with Crippen LogP contribution in [0, 0.1) is 11.7 Å². The minimum atomic E-state index is -4.26. The Balaban J connectivity index is 1.41. The first kappa shape index (κ1) is 28.5. The SMILES string of the molecule is COc1ccc(N2C(=O)[C@@H](C)N([C@H]3CC[C@@H](C(F)(F)F)CC3)c3nc(Nc4cc(F)c5[nH]ncc5c4)ncc32)cc1OC. The van der Waals surface area contributed by atoms with Gasteiger partial charge >= 0.3 is 6.18 Å². The van der Waals surface area contributed by atoms with E-state index in [1.54, 1.807) is 36.1 Å². The maximum Gasteiger partial charge on any atom is 0.391 e. The molecule has 2 aromatic carbocycles. The number of anilines is 5. The molecule has 4 aromatic rings. The lowest BCUT2D eigenvalue weighted by molar-refractivity contribution is -0.182. The molecule has 0 bridgehead atoms. The smallest absolute Gasteiger partial charge is 0.391 e. The van der Waals surface area contributed by atoms with E-state index in [2.05, 4.69) is 20.5 Å². The quantitative estimate of drug-likeness (QED) is 0.251. The Morgan fingerprint density at radius 3 is 2.47 bits per heavy atom. The summed E-state index contributed by atoms with van der Waals surface area (Å²) >= 11 is 0. The molecule has 0 spiro atoms. The molecule has 14 heteroatoms. The molecule has 0 unspecified atom stereocenters. The maximum atomic E-state index is 14.6. The Hall–Kier alpha value is -4.62. The first-order valence-corrected chi connectivity index (χ1v) is 13.8. The number of benzene rings is 2. The number of ether oxygens (including phenoxy) is 2. The van der Waals surface area contributed by atoms with Crippen molar-refractivity contribution in [2.75, 3.05) is 29.3 Å². The van der Waals surface area contributed by atoms with Gasteiger partial charge in [0, 0.05) is 23.2 Å². The van der Waals surface area contributed by atoms with Gasteiger partial charge in [0.1, 0.15) is 17.2 Å². The monoisotopic (exact) mass is 599 g/mol.